The summed E-state index contributed by atoms with van der Waals surface area (Å²) in [5.41, 5.74) is 6.68. The lowest BCUT2D eigenvalue weighted by Crippen LogP contribution is -2.31. The highest BCUT2D eigenvalue weighted by molar-refractivity contribution is 6.22. The average molecular weight is 377 g/mol. The third-order valence-corrected chi connectivity index (χ3v) is 5.67. The SMILES string of the molecule is CC1=CC[C@@H]2C(=O)N(c3cccc(C(=O)Nn4c(C)ccc4C)c3)C(=O)[C@@H]2C1. The highest BCUT2D eigenvalue weighted by Crippen LogP contribution is 2.39. The minimum atomic E-state index is -0.293. The molecular formula is C22H23N3O3. The van der Waals surface area contributed by atoms with Gasteiger partial charge in [0.15, 0.2) is 0 Å². The Bertz CT molecular complexity index is 998. The number of amides is 3. The quantitative estimate of drug-likeness (QED) is 0.659. The zero-order chi connectivity index (χ0) is 20.0. The molecule has 2 aromatic rings. The Kier molecular flexibility index (Phi) is 4.41. The van der Waals surface area contributed by atoms with Gasteiger partial charge in [-0.1, -0.05) is 17.7 Å². The molecule has 1 aromatic heterocycles. The number of benzene rings is 1. The average Bonchev–Trinajstić information content (AvgIpc) is 3.12. The lowest BCUT2D eigenvalue weighted by Gasteiger charge is -2.18. The van der Waals surface area contributed by atoms with E-state index in [0.717, 1.165) is 17.0 Å². The summed E-state index contributed by atoms with van der Waals surface area (Å²) in [7, 11) is 0. The van der Waals surface area contributed by atoms with Crippen molar-refractivity contribution in [3.8, 4) is 0 Å². The number of fused-ring (bicyclic) bond motifs is 1. The molecule has 0 spiro atoms. The van der Waals surface area contributed by atoms with E-state index in [2.05, 4.69) is 5.43 Å². The van der Waals surface area contributed by atoms with Crippen LogP contribution in [0.15, 0.2) is 48.0 Å². The van der Waals surface area contributed by atoms with E-state index in [1.165, 1.54) is 4.90 Å². The molecule has 1 saturated heterocycles. The van der Waals surface area contributed by atoms with Crippen molar-refractivity contribution in [1.82, 2.24) is 4.68 Å². The Morgan fingerprint density at radius 1 is 1.00 bits per heavy atom. The first kappa shape index (κ1) is 18.2. The highest BCUT2D eigenvalue weighted by atomic mass is 16.2. The maximum Gasteiger partial charge on any atom is 0.270 e. The van der Waals surface area contributed by atoms with Crippen molar-refractivity contribution >= 4 is 23.4 Å². The van der Waals surface area contributed by atoms with Gasteiger partial charge >= 0.3 is 0 Å². The highest BCUT2D eigenvalue weighted by Gasteiger charge is 2.48. The van der Waals surface area contributed by atoms with Gasteiger partial charge in [0.1, 0.15) is 0 Å². The second-order valence-electron chi connectivity index (χ2n) is 7.66. The van der Waals surface area contributed by atoms with Crippen molar-refractivity contribution in [2.45, 2.75) is 33.6 Å². The molecule has 1 aliphatic heterocycles. The summed E-state index contributed by atoms with van der Waals surface area (Å²) in [5.74, 6) is -1.22. The standard InChI is InChI=1S/C22H23N3O3/c1-13-7-10-18-19(11-13)22(28)24(21(18)27)17-6-4-5-16(12-17)20(26)23-25-14(2)8-9-15(25)3/h4-9,12,18-19H,10-11H2,1-3H3,(H,23,26)/t18-,19+/m0/s1. The molecule has 2 atom stereocenters. The summed E-state index contributed by atoms with van der Waals surface area (Å²) in [6.45, 7) is 5.80. The summed E-state index contributed by atoms with van der Waals surface area (Å²) in [6, 6.07) is 10.5. The number of carbonyl (C=O) groups is 3. The molecule has 1 aromatic carbocycles. The first-order valence-electron chi connectivity index (χ1n) is 9.46. The van der Waals surface area contributed by atoms with Crippen LogP contribution in [-0.4, -0.2) is 22.4 Å². The fraction of sp³-hybridized carbons (Fsp3) is 0.318. The molecule has 3 amide bonds. The summed E-state index contributed by atoms with van der Waals surface area (Å²) in [4.78, 5) is 39.7. The number of nitrogens with one attached hydrogen (secondary N) is 1. The topological polar surface area (TPSA) is 71.4 Å². The molecule has 0 bridgehead atoms. The first-order chi connectivity index (χ1) is 13.4. The lowest BCUT2D eigenvalue weighted by molar-refractivity contribution is -0.122. The molecule has 1 fully saturated rings. The van der Waals surface area contributed by atoms with Crippen molar-refractivity contribution < 1.29 is 14.4 Å². The summed E-state index contributed by atoms with van der Waals surface area (Å²) < 4.78 is 1.71. The van der Waals surface area contributed by atoms with E-state index >= 15 is 0 Å². The monoisotopic (exact) mass is 377 g/mol. The second kappa shape index (κ2) is 6.78. The summed E-state index contributed by atoms with van der Waals surface area (Å²) in [6.07, 6.45) is 3.27. The van der Waals surface area contributed by atoms with Gasteiger partial charge in [-0.3, -0.25) is 29.4 Å². The Balaban J connectivity index is 1.60. The molecule has 2 heterocycles. The number of nitrogens with zero attached hydrogens (tertiary/aromatic N) is 2. The summed E-state index contributed by atoms with van der Waals surface area (Å²) in [5, 5.41) is 0. The van der Waals surface area contributed by atoms with Crippen LogP contribution in [0.1, 0.15) is 41.5 Å². The maximum atomic E-state index is 12.9. The van der Waals surface area contributed by atoms with Crippen molar-refractivity contribution in [2.24, 2.45) is 11.8 Å². The molecule has 0 radical (unpaired) electrons. The molecule has 0 unspecified atom stereocenters. The second-order valence-corrected chi connectivity index (χ2v) is 7.66. The lowest BCUT2D eigenvalue weighted by atomic mass is 9.82. The zero-order valence-electron chi connectivity index (χ0n) is 16.2. The molecular weight excluding hydrogens is 354 g/mol. The van der Waals surface area contributed by atoms with Crippen LogP contribution in [0.25, 0.3) is 0 Å². The van der Waals surface area contributed by atoms with E-state index in [9.17, 15) is 14.4 Å². The van der Waals surface area contributed by atoms with Gasteiger partial charge in [-0.15, -0.1) is 0 Å². The van der Waals surface area contributed by atoms with Crippen LogP contribution in [0.3, 0.4) is 0 Å². The third kappa shape index (κ3) is 2.95. The zero-order valence-corrected chi connectivity index (χ0v) is 16.2. The van der Waals surface area contributed by atoms with Crippen LogP contribution in [0, 0.1) is 25.7 Å². The number of aryl methyl sites for hydroxylation is 2. The Morgan fingerprint density at radius 3 is 2.39 bits per heavy atom. The number of allylic oxidation sites excluding steroid dienone is 2. The number of carbonyl (C=O) groups excluding carboxylic acids is 3. The number of anilines is 1. The van der Waals surface area contributed by atoms with Crippen LogP contribution < -0.4 is 10.3 Å². The first-order valence-corrected chi connectivity index (χ1v) is 9.46. The fourth-order valence-corrected chi connectivity index (χ4v) is 4.09. The van der Waals surface area contributed by atoms with Crippen molar-refractivity contribution in [1.29, 1.82) is 0 Å². The van der Waals surface area contributed by atoms with Crippen molar-refractivity contribution in [2.75, 3.05) is 10.3 Å². The van der Waals surface area contributed by atoms with Crippen molar-refractivity contribution in [3.05, 3.63) is 65.0 Å². The molecule has 0 saturated carbocycles. The largest absolute Gasteiger partial charge is 0.274 e. The molecule has 1 aliphatic carbocycles. The van der Waals surface area contributed by atoms with E-state index in [4.69, 9.17) is 0 Å². The molecule has 4 rings (SSSR count). The minimum Gasteiger partial charge on any atom is -0.274 e. The molecule has 144 valence electrons. The predicted octanol–water partition coefficient (Wildman–Crippen LogP) is 3.33. The van der Waals surface area contributed by atoms with E-state index < -0.39 is 0 Å². The number of rotatable bonds is 3. The fourth-order valence-electron chi connectivity index (χ4n) is 4.09. The number of hydrogen-bond donors (Lipinski definition) is 1. The maximum absolute atomic E-state index is 12.9. The Morgan fingerprint density at radius 2 is 1.68 bits per heavy atom. The normalized spacial score (nSPS) is 21.5. The van der Waals surface area contributed by atoms with E-state index in [1.807, 2.05) is 39.0 Å². The van der Waals surface area contributed by atoms with Crippen LogP contribution in [0.2, 0.25) is 0 Å². The van der Waals surface area contributed by atoms with E-state index in [1.54, 1.807) is 28.9 Å². The predicted molar refractivity (Wildman–Crippen MR) is 107 cm³/mol. The molecule has 28 heavy (non-hydrogen) atoms. The van der Waals surface area contributed by atoms with Gasteiger partial charge in [-0.2, -0.15) is 0 Å². The van der Waals surface area contributed by atoms with Gasteiger partial charge in [0, 0.05) is 17.0 Å². The number of imide groups is 1. The Hall–Kier alpha value is -3.15. The van der Waals surface area contributed by atoms with E-state index in [0.29, 0.717) is 24.1 Å². The van der Waals surface area contributed by atoms with Gasteiger partial charge in [0.25, 0.3) is 5.91 Å². The smallest absolute Gasteiger partial charge is 0.270 e. The van der Waals surface area contributed by atoms with Crippen LogP contribution >= 0.6 is 0 Å². The third-order valence-electron chi connectivity index (χ3n) is 5.67. The number of hydrogen-bond acceptors (Lipinski definition) is 3. The van der Waals surface area contributed by atoms with Crippen LogP contribution in [-0.2, 0) is 9.59 Å². The Labute approximate surface area is 163 Å². The minimum absolute atomic E-state index is 0.169. The molecule has 6 heteroatoms. The van der Waals surface area contributed by atoms with Crippen LogP contribution in [0.5, 0.6) is 0 Å². The molecule has 2 aliphatic rings. The van der Waals surface area contributed by atoms with Gasteiger partial charge in [0.05, 0.1) is 17.5 Å². The number of aromatic nitrogens is 1. The van der Waals surface area contributed by atoms with Gasteiger partial charge in [-0.25, -0.2) is 0 Å². The van der Waals surface area contributed by atoms with Gasteiger partial charge in [-0.05, 0) is 63.9 Å². The van der Waals surface area contributed by atoms with Gasteiger partial charge in [0.2, 0.25) is 11.8 Å². The van der Waals surface area contributed by atoms with Gasteiger partial charge < -0.3 is 0 Å². The van der Waals surface area contributed by atoms with Crippen molar-refractivity contribution in [3.63, 3.8) is 0 Å². The molecule has 1 N–H and O–H groups in total. The van der Waals surface area contributed by atoms with E-state index in [-0.39, 0.29) is 29.6 Å². The summed E-state index contributed by atoms with van der Waals surface area (Å²) >= 11 is 0. The molecule has 6 nitrogen and oxygen atoms in total. The van der Waals surface area contributed by atoms with Crippen LogP contribution in [0.4, 0.5) is 5.69 Å².